The molecule has 0 saturated heterocycles. The highest BCUT2D eigenvalue weighted by Gasteiger charge is 2.13. The van der Waals surface area contributed by atoms with Crippen LogP contribution in [0.2, 0.25) is 0 Å². The van der Waals surface area contributed by atoms with Crippen LogP contribution in [-0.4, -0.2) is 30.8 Å². The molecule has 0 spiro atoms. The number of anilines is 1. The van der Waals surface area contributed by atoms with Crippen LogP contribution in [0.1, 0.15) is 21.1 Å². The number of thiophene rings is 1. The van der Waals surface area contributed by atoms with E-state index >= 15 is 0 Å². The summed E-state index contributed by atoms with van der Waals surface area (Å²) in [6.07, 6.45) is 1.49. The Hall–Kier alpha value is -2.52. The molecule has 124 valence electrons. The number of nitrogens with one attached hydrogen (secondary N) is 1. The number of rotatable bonds is 5. The molecule has 0 radical (unpaired) electrons. The highest BCUT2D eigenvalue weighted by Crippen LogP contribution is 2.16. The van der Waals surface area contributed by atoms with Crippen molar-refractivity contribution >= 4 is 33.1 Å². The minimum atomic E-state index is -3.22. The summed E-state index contributed by atoms with van der Waals surface area (Å²) in [5.41, 5.74) is 0.821. The first-order chi connectivity index (χ1) is 11.4. The fourth-order valence-electron chi connectivity index (χ4n) is 1.97. The van der Waals surface area contributed by atoms with E-state index in [2.05, 4.69) is 15.5 Å². The first-order valence-corrected chi connectivity index (χ1v) is 9.65. The second-order valence-corrected chi connectivity index (χ2v) is 7.99. The summed E-state index contributed by atoms with van der Waals surface area (Å²) in [5, 5.41) is 12.0. The summed E-state index contributed by atoms with van der Waals surface area (Å²) in [5.74, 6) is 0.0151. The van der Waals surface area contributed by atoms with Crippen LogP contribution < -0.4 is 5.32 Å². The Morgan fingerprint density at radius 1 is 1.21 bits per heavy atom. The number of hydrogen-bond acceptors (Lipinski definition) is 7. The average Bonchev–Trinajstić information content (AvgIpc) is 3.19. The number of nitrogens with zero attached hydrogens (tertiary/aromatic N) is 2. The quantitative estimate of drug-likeness (QED) is 0.747. The van der Waals surface area contributed by atoms with Gasteiger partial charge in [-0.1, -0.05) is 23.3 Å². The van der Waals surface area contributed by atoms with E-state index in [0.717, 1.165) is 11.8 Å². The van der Waals surface area contributed by atoms with E-state index in [-0.39, 0.29) is 16.8 Å². The average molecular weight is 363 g/mol. The van der Waals surface area contributed by atoms with Crippen LogP contribution in [0.4, 0.5) is 6.01 Å². The van der Waals surface area contributed by atoms with Crippen molar-refractivity contribution in [1.82, 2.24) is 10.2 Å². The summed E-state index contributed by atoms with van der Waals surface area (Å²) in [6.45, 7) is 0. The van der Waals surface area contributed by atoms with Gasteiger partial charge in [-0.25, -0.2) is 8.42 Å². The van der Waals surface area contributed by atoms with Gasteiger partial charge in [0.1, 0.15) is 0 Å². The van der Waals surface area contributed by atoms with Crippen molar-refractivity contribution in [3.63, 3.8) is 0 Å². The molecule has 7 nitrogen and oxygen atoms in total. The van der Waals surface area contributed by atoms with Gasteiger partial charge in [0.15, 0.2) is 9.84 Å². The number of benzene rings is 1. The summed E-state index contributed by atoms with van der Waals surface area (Å²) < 4.78 is 28.2. The molecule has 2 heterocycles. The minimum absolute atomic E-state index is 0.0242. The molecule has 24 heavy (non-hydrogen) atoms. The Morgan fingerprint density at radius 2 is 1.96 bits per heavy atom. The summed E-state index contributed by atoms with van der Waals surface area (Å²) in [6, 6.07) is 9.92. The van der Waals surface area contributed by atoms with Gasteiger partial charge < -0.3 is 4.42 Å². The van der Waals surface area contributed by atoms with Gasteiger partial charge in [0.25, 0.3) is 5.91 Å². The predicted octanol–water partition coefficient (Wildman–Crippen LogP) is 2.38. The highest BCUT2D eigenvalue weighted by atomic mass is 32.2. The lowest BCUT2D eigenvalue weighted by Crippen LogP contribution is -2.10. The van der Waals surface area contributed by atoms with Crippen molar-refractivity contribution in [2.75, 3.05) is 11.6 Å². The summed E-state index contributed by atoms with van der Waals surface area (Å²) >= 11 is 1.31. The zero-order valence-corrected chi connectivity index (χ0v) is 14.2. The van der Waals surface area contributed by atoms with E-state index in [9.17, 15) is 13.2 Å². The van der Waals surface area contributed by atoms with Crippen molar-refractivity contribution < 1.29 is 17.6 Å². The summed E-state index contributed by atoms with van der Waals surface area (Å²) in [7, 11) is -3.22. The fraction of sp³-hybridized carbons (Fsp3) is 0.133. The number of carbonyl (C=O) groups is 1. The molecular weight excluding hydrogens is 350 g/mol. The number of amides is 1. The Labute approximate surface area is 142 Å². The predicted molar refractivity (Wildman–Crippen MR) is 88.9 cm³/mol. The van der Waals surface area contributed by atoms with Gasteiger partial charge in [0.2, 0.25) is 5.89 Å². The van der Waals surface area contributed by atoms with Crippen molar-refractivity contribution in [3.8, 4) is 0 Å². The number of aromatic nitrogens is 2. The van der Waals surface area contributed by atoms with Crippen LogP contribution in [0.15, 0.2) is 51.1 Å². The maximum atomic E-state index is 11.9. The molecule has 0 aliphatic heterocycles. The number of hydrogen-bond donors (Lipinski definition) is 1. The zero-order chi connectivity index (χ0) is 17.2. The monoisotopic (exact) mass is 363 g/mol. The van der Waals surface area contributed by atoms with Gasteiger partial charge in [-0.3, -0.25) is 10.1 Å². The SMILES string of the molecule is CS(=O)(=O)c1ccc(Cc2nnc(NC(=O)c3cccs3)o2)cc1. The molecule has 0 fully saturated rings. The van der Waals surface area contributed by atoms with E-state index in [1.54, 1.807) is 29.6 Å². The van der Waals surface area contributed by atoms with Crippen molar-refractivity contribution in [1.29, 1.82) is 0 Å². The topological polar surface area (TPSA) is 102 Å². The third-order valence-corrected chi connectivity index (χ3v) is 5.14. The maximum Gasteiger partial charge on any atom is 0.322 e. The molecule has 1 N–H and O–H groups in total. The van der Waals surface area contributed by atoms with E-state index in [1.807, 2.05) is 0 Å². The molecule has 9 heteroatoms. The molecule has 0 aliphatic rings. The Balaban J connectivity index is 1.67. The lowest BCUT2D eigenvalue weighted by Gasteiger charge is -2.00. The molecule has 0 aliphatic carbocycles. The number of sulfone groups is 1. The molecule has 0 atom stereocenters. The van der Waals surface area contributed by atoms with Gasteiger partial charge in [0, 0.05) is 6.26 Å². The molecule has 0 unspecified atom stereocenters. The second-order valence-electron chi connectivity index (χ2n) is 5.03. The van der Waals surface area contributed by atoms with Gasteiger partial charge in [-0.15, -0.1) is 16.4 Å². The fourth-order valence-corrected chi connectivity index (χ4v) is 3.22. The third kappa shape index (κ3) is 3.87. The molecule has 2 aromatic heterocycles. The Morgan fingerprint density at radius 3 is 2.58 bits per heavy atom. The second kappa shape index (κ2) is 6.54. The van der Waals surface area contributed by atoms with Gasteiger partial charge >= 0.3 is 6.01 Å². The molecule has 0 bridgehead atoms. The normalized spacial score (nSPS) is 11.4. The molecular formula is C15H13N3O4S2. The smallest absolute Gasteiger partial charge is 0.322 e. The van der Waals surface area contributed by atoms with Crippen LogP contribution in [0.25, 0.3) is 0 Å². The lowest BCUT2D eigenvalue weighted by molar-refractivity contribution is 0.102. The van der Waals surface area contributed by atoms with Crippen molar-refractivity contribution in [3.05, 3.63) is 58.1 Å². The Bertz CT molecular complexity index is 945. The van der Waals surface area contributed by atoms with E-state index in [1.165, 1.54) is 23.5 Å². The first kappa shape index (κ1) is 16.3. The third-order valence-electron chi connectivity index (χ3n) is 3.14. The lowest BCUT2D eigenvalue weighted by atomic mass is 10.1. The van der Waals surface area contributed by atoms with Gasteiger partial charge in [0.05, 0.1) is 16.2 Å². The largest absolute Gasteiger partial charge is 0.407 e. The highest BCUT2D eigenvalue weighted by molar-refractivity contribution is 7.90. The standard InChI is InChI=1S/C15H13N3O4S2/c1-24(20,21)11-6-4-10(5-7-11)9-13-17-18-15(22-13)16-14(19)12-3-2-8-23-12/h2-8H,9H2,1H3,(H,16,18,19). The van der Waals surface area contributed by atoms with Crippen LogP contribution in [-0.2, 0) is 16.3 Å². The van der Waals surface area contributed by atoms with Gasteiger partial charge in [-0.2, -0.15) is 0 Å². The molecule has 3 rings (SSSR count). The van der Waals surface area contributed by atoms with E-state index in [0.29, 0.717) is 17.2 Å². The van der Waals surface area contributed by atoms with Crippen LogP contribution in [0.3, 0.4) is 0 Å². The minimum Gasteiger partial charge on any atom is -0.407 e. The van der Waals surface area contributed by atoms with Crippen LogP contribution >= 0.6 is 11.3 Å². The molecule has 1 aromatic carbocycles. The van der Waals surface area contributed by atoms with Crippen LogP contribution in [0, 0.1) is 0 Å². The van der Waals surface area contributed by atoms with E-state index in [4.69, 9.17) is 4.42 Å². The molecule has 1 amide bonds. The first-order valence-electron chi connectivity index (χ1n) is 6.88. The molecule has 3 aromatic rings. The zero-order valence-electron chi connectivity index (χ0n) is 12.6. The van der Waals surface area contributed by atoms with Crippen molar-refractivity contribution in [2.45, 2.75) is 11.3 Å². The number of carbonyl (C=O) groups excluding carboxylic acids is 1. The van der Waals surface area contributed by atoms with Gasteiger partial charge in [-0.05, 0) is 29.1 Å². The molecule has 0 saturated carbocycles. The maximum absolute atomic E-state index is 11.9. The summed E-state index contributed by atoms with van der Waals surface area (Å²) in [4.78, 5) is 12.7. The van der Waals surface area contributed by atoms with Crippen molar-refractivity contribution in [2.24, 2.45) is 0 Å². The Kier molecular flexibility index (Phi) is 4.45. The van der Waals surface area contributed by atoms with Crippen LogP contribution in [0.5, 0.6) is 0 Å². The van der Waals surface area contributed by atoms with E-state index < -0.39 is 9.84 Å².